The molecule has 0 fully saturated rings. The molecule has 3 N–H and O–H groups in total. The number of aromatic amines is 1. The lowest BCUT2D eigenvalue weighted by Crippen LogP contribution is -2.26. The number of benzene rings is 3. The number of aryl methyl sites for hydroxylation is 1. The topological polar surface area (TPSA) is 109 Å². The number of aromatic nitrogens is 1. The van der Waals surface area contributed by atoms with E-state index >= 15 is 0 Å². The third-order valence-electron chi connectivity index (χ3n) is 6.93. The maximum absolute atomic E-state index is 12.7. The Morgan fingerprint density at radius 2 is 1.63 bits per heavy atom. The van der Waals surface area contributed by atoms with Crippen LogP contribution in [0, 0.1) is 0 Å². The van der Waals surface area contributed by atoms with E-state index in [1.54, 1.807) is 11.9 Å². The summed E-state index contributed by atoms with van der Waals surface area (Å²) in [7, 11) is 5.84. The second-order valence-corrected chi connectivity index (χ2v) is 11.2. The van der Waals surface area contributed by atoms with Crippen LogP contribution in [-0.2, 0) is 16.0 Å². The molecule has 0 aliphatic carbocycles. The molecule has 4 rings (SSSR count). The van der Waals surface area contributed by atoms with E-state index in [9.17, 15) is 14.7 Å². The highest BCUT2D eigenvalue weighted by Crippen LogP contribution is 2.33. The zero-order valence-electron chi connectivity index (χ0n) is 23.5. The number of anilines is 1. The molecule has 214 valence electrons. The second-order valence-electron chi connectivity index (χ2n) is 10.3. The van der Waals surface area contributed by atoms with Crippen LogP contribution in [0.15, 0.2) is 76.2 Å². The number of hydrogen-bond donors (Lipinski definition) is 3. The van der Waals surface area contributed by atoms with E-state index in [-0.39, 0.29) is 18.2 Å². The molecule has 4 aromatic rings. The number of halogens is 1. The van der Waals surface area contributed by atoms with E-state index in [4.69, 9.17) is 10.1 Å². The fourth-order valence-electron chi connectivity index (χ4n) is 4.64. The summed E-state index contributed by atoms with van der Waals surface area (Å²) in [5, 5.41) is 20.8. The van der Waals surface area contributed by atoms with Crippen molar-refractivity contribution in [3.63, 3.8) is 0 Å². The maximum atomic E-state index is 12.7. The monoisotopic (exact) mass is 618 g/mol. The molecule has 0 unspecified atom stereocenters. The van der Waals surface area contributed by atoms with Crippen molar-refractivity contribution in [1.82, 2.24) is 9.88 Å². The van der Waals surface area contributed by atoms with Crippen LogP contribution in [0.1, 0.15) is 42.4 Å². The number of fused-ring (bicyclic) bond motifs is 1. The number of hydrogen-bond acceptors (Lipinski definition) is 5. The van der Waals surface area contributed by atoms with E-state index < -0.39 is 5.97 Å². The number of aromatic hydroxyl groups is 1. The minimum atomic E-state index is -0.841. The Balaban J connectivity index is 1.65. The summed E-state index contributed by atoms with van der Waals surface area (Å²) in [6.07, 6.45) is 2.79. The summed E-state index contributed by atoms with van der Waals surface area (Å²) in [6.45, 7) is 0.959. The Morgan fingerprint density at radius 3 is 2.29 bits per heavy atom. The van der Waals surface area contributed by atoms with E-state index in [0.717, 1.165) is 51.6 Å². The first kappa shape index (κ1) is 30.0. The number of unbranched alkanes of at least 4 members (excludes halogenated alkanes) is 1. The lowest BCUT2D eigenvalue weighted by molar-refractivity contribution is -0.137. The number of H-pyrrole nitrogens is 1. The maximum Gasteiger partial charge on any atom is 0.303 e. The molecule has 8 nitrogen and oxygen atoms in total. The highest BCUT2D eigenvalue weighted by Gasteiger charge is 2.19. The molecule has 1 amide bonds. The second kappa shape index (κ2) is 13.6. The predicted molar refractivity (Wildman–Crippen MR) is 168 cm³/mol. The van der Waals surface area contributed by atoms with Crippen molar-refractivity contribution in [2.75, 3.05) is 32.6 Å². The lowest BCUT2D eigenvalue weighted by atomic mass is 9.98. The van der Waals surface area contributed by atoms with Crippen molar-refractivity contribution in [3.05, 3.63) is 87.9 Å². The van der Waals surface area contributed by atoms with Crippen LogP contribution in [0.4, 0.5) is 11.4 Å². The number of carboxylic acids is 1. The Kier molecular flexibility index (Phi) is 9.96. The van der Waals surface area contributed by atoms with E-state index in [1.165, 1.54) is 0 Å². The van der Waals surface area contributed by atoms with Gasteiger partial charge in [0.15, 0.2) is 5.88 Å². The van der Waals surface area contributed by atoms with Crippen LogP contribution < -0.4 is 4.90 Å². The van der Waals surface area contributed by atoms with Crippen molar-refractivity contribution >= 4 is 55.8 Å². The lowest BCUT2D eigenvalue weighted by Gasteiger charge is -2.18. The molecule has 1 aromatic heterocycles. The standard InChI is InChI=1S/C32H35BrN4O4/c1-36(2)19-5-4-6-28(38)37(3)25-15-13-24(14-16-25)34-31(22-10-7-21(8-11-22)9-18-29(39)40)30-26-17-12-23(33)20-27(26)35-32(30)41/h7-8,10-17,20,35,41H,4-6,9,18-19H2,1-3H3,(H,39,40). The zero-order valence-corrected chi connectivity index (χ0v) is 25.1. The van der Waals surface area contributed by atoms with Gasteiger partial charge in [0.25, 0.3) is 0 Å². The molecule has 0 saturated heterocycles. The molecule has 0 spiro atoms. The molecule has 3 aromatic carbocycles. The predicted octanol–water partition coefficient (Wildman–Crippen LogP) is 6.52. The molecule has 41 heavy (non-hydrogen) atoms. The number of nitrogens with zero attached hydrogens (tertiary/aromatic N) is 3. The molecule has 0 radical (unpaired) electrons. The quantitative estimate of drug-likeness (QED) is 0.124. The van der Waals surface area contributed by atoms with Gasteiger partial charge in [-0.05, 0) is 81.9 Å². The Labute approximate surface area is 248 Å². The van der Waals surface area contributed by atoms with E-state index in [1.807, 2.05) is 80.8 Å². The smallest absolute Gasteiger partial charge is 0.303 e. The first-order valence-corrected chi connectivity index (χ1v) is 14.3. The van der Waals surface area contributed by atoms with E-state index in [2.05, 4.69) is 25.8 Å². The molecule has 0 saturated carbocycles. The van der Waals surface area contributed by atoms with Crippen molar-refractivity contribution in [3.8, 4) is 5.88 Å². The molecule has 1 heterocycles. The number of amides is 1. The minimum absolute atomic E-state index is 0.00280. The first-order chi connectivity index (χ1) is 19.6. The first-order valence-electron chi connectivity index (χ1n) is 13.5. The van der Waals surface area contributed by atoms with Crippen LogP contribution in [0.3, 0.4) is 0 Å². The van der Waals surface area contributed by atoms with Crippen molar-refractivity contribution in [2.45, 2.75) is 32.1 Å². The number of carbonyl (C=O) groups is 2. The Bertz CT molecular complexity index is 1540. The van der Waals surface area contributed by atoms with Gasteiger partial charge < -0.3 is 25.0 Å². The summed E-state index contributed by atoms with van der Waals surface area (Å²) in [6, 6.07) is 20.7. The number of carboxylic acid groups (broad SMARTS) is 1. The molecule has 0 aliphatic heterocycles. The molecule has 9 heteroatoms. The van der Waals surface area contributed by atoms with Crippen molar-refractivity contribution < 1.29 is 19.8 Å². The van der Waals surface area contributed by atoms with Gasteiger partial charge >= 0.3 is 5.97 Å². The van der Waals surface area contributed by atoms with Crippen molar-refractivity contribution in [2.24, 2.45) is 4.99 Å². The average Bonchev–Trinajstić information content (AvgIpc) is 3.27. The van der Waals surface area contributed by atoms with Gasteiger partial charge in [0.1, 0.15) is 0 Å². The van der Waals surface area contributed by atoms with Crippen LogP contribution in [-0.4, -0.2) is 65.4 Å². The van der Waals surface area contributed by atoms with Crippen LogP contribution in [0.2, 0.25) is 0 Å². The third kappa shape index (κ3) is 7.83. The minimum Gasteiger partial charge on any atom is -0.494 e. The average molecular weight is 620 g/mol. The Morgan fingerprint density at radius 1 is 0.927 bits per heavy atom. The number of rotatable bonds is 12. The van der Waals surface area contributed by atoms with Gasteiger partial charge in [-0.2, -0.15) is 0 Å². The third-order valence-corrected chi connectivity index (χ3v) is 7.42. The summed E-state index contributed by atoms with van der Waals surface area (Å²) in [5.41, 5.74) is 5.03. The molecule has 0 aliphatic rings. The Hall–Kier alpha value is -3.95. The number of aliphatic carboxylic acids is 1. The normalized spacial score (nSPS) is 11.8. The molecular formula is C32H35BrN4O4. The van der Waals surface area contributed by atoms with Crippen LogP contribution >= 0.6 is 15.9 Å². The molecule has 0 bridgehead atoms. The van der Waals surface area contributed by atoms with Gasteiger partial charge in [-0.3, -0.25) is 9.59 Å². The summed E-state index contributed by atoms with van der Waals surface area (Å²) in [5.74, 6) is -0.770. The SMILES string of the molecule is CN(C)CCCCC(=O)N(C)c1ccc(N=C(c2ccc(CCC(=O)O)cc2)c2c(O)[nH]c3cc(Br)ccc23)cc1. The molecule has 0 atom stereocenters. The molecular weight excluding hydrogens is 584 g/mol. The summed E-state index contributed by atoms with van der Waals surface area (Å²) >= 11 is 3.48. The van der Waals surface area contributed by atoms with Gasteiger partial charge in [0.2, 0.25) is 5.91 Å². The van der Waals surface area contributed by atoms with Crippen LogP contribution in [0.25, 0.3) is 10.9 Å². The van der Waals surface area contributed by atoms with Gasteiger partial charge in [0, 0.05) is 41.0 Å². The highest BCUT2D eigenvalue weighted by molar-refractivity contribution is 9.10. The summed E-state index contributed by atoms with van der Waals surface area (Å²) < 4.78 is 0.881. The van der Waals surface area contributed by atoms with E-state index in [0.29, 0.717) is 29.8 Å². The number of carbonyl (C=O) groups excluding carboxylic acids is 1. The highest BCUT2D eigenvalue weighted by atomic mass is 79.9. The number of aliphatic imine (C=N–C) groups is 1. The van der Waals surface area contributed by atoms with Gasteiger partial charge in [0.05, 0.1) is 22.5 Å². The van der Waals surface area contributed by atoms with Gasteiger partial charge in [-0.15, -0.1) is 0 Å². The van der Waals surface area contributed by atoms with Crippen molar-refractivity contribution in [1.29, 1.82) is 0 Å². The van der Waals surface area contributed by atoms with Gasteiger partial charge in [-0.1, -0.05) is 46.3 Å². The fourth-order valence-corrected chi connectivity index (χ4v) is 5.00. The fraction of sp³-hybridized carbons (Fsp3) is 0.281. The van der Waals surface area contributed by atoms with Gasteiger partial charge in [-0.25, -0.2) is 4.99 Å². The van der Waals surface area contributed by atoms with Crippen LogP contribution in [0.5, 0.6) is 5.88 Å². The summed E-state index contributed by atoms with van der Waals surface area (Å²) in [4.78, 5) is 35.5. The zero-order chi connectivity index (χ0) is 29.5. The number of nitrogens with one attached hydrogen (secondary N) is 1. The largest absolute Gasteiger partial charge is 0.494 e.